The maximum atomic E-state index is 6.33. The molecule has 4 rings (SSSR count). The molecular weight excluding hydrogens is 495 g/mol. The summed E-state index contributed by atoms with van der Waals surface area (Å²) in [4.78, 5) is 9.30. The van der Waals surface area contributed by atoms with Gasteiger partial charge in [0.1, 0.15) is 0 Å². The van der Waals surface area contributed by atoms with Crippen LogP contribution in [-0.4, -0.2) is 14.5 Å². The Hall–Kier alpha value is -2.73. The molecule has 3 aromatic heterocycles. The first-order chi connectivity index (χ1) is 16.8. The van der Waals surface area contributed by atoms with E-state index in [2.05, 4.69) is 59.3 Å². The van der Waals surface area contributed by atoms with Gasteiger partial charge in [0, 0.05) is 69.8 Å². The fourth-order valence-corrected chi connectivity index (χ4v) is 6.15. The number of benzene rings is 1. The molecule has 4 aromatic rings. The lowest BCUT2D eigenvalue weighted by Crippen LogP contribution is -2.13. The normalized spacial score (nSPS) is 11.1. The van der Waals surface area contributed by atoms with Gasteiger partial charge in [0.25, 0.3) is 0 Å². The summed E-state index contributed by atoms with van der Waals surface area (Å²) < 4.78 is 2.39. The van der Waals surface area contributed by atoms with Gasteiger partial charge >= 0.3 is 0 Å². The number of halogens is 2. The molecule has 0 saturated carbocycles. The van der Waals surface area contributed by atoms with Gasteiger partial charge in [0.15, 0.2) is 0 Å². The molecular formula is C28H28Cl2N4S. The van der Waals surface area contributed by atoms with Crippen LogP contribution in [0.15, 0.2) is 83.8 Å². The van der Waals surface area contributed by atoms with E-state index < -0.39 is 0 Å². The molecule has 1 aromatic carbocycles. The summed E-state index contributed by atoms with van der Waals surface area (Å²) in [5, 5.41) is 5.99. The van der Waals surface area contributed by atoms with Gasteiger partial charge in [-0.25, -0.2) is 0 Å². The molecule has 1 N–H and O–H groups in total. The molecule has 0 unspecified atom stereocenters. The van der Waals surface area contributed by atoms with Gasteiger partial charge in [-0.2, -0.15) is 0 Å². The molecule has 0 aliphatic rings. The van der Waals surface area contributed by atoms with Gasteiger partial charge in [-0.1, -0.05) is 55.4 Å². The SMILES string of the molecule is C=C(NCc1c(C(C)C)c(Sc2cc(Cl)cc(Cl)c2)n(Cc2ccncc2)c1C)c1ccncc1. The van der Waals surface area contributed by atoms with Crippen molar-refractivity contribution in [2.45, 2.75) is 49.7 Å². The van der Waals surface area contributed by atoms with Crippen molar-refractivity contribution in [3.05, 3.63) is 112 Å². The van der Waals surface area contributed by atoms with Crippen LogP contribution >= 0.6 is 35.0 Å². The zero-order valence-electron chi connectivity index (χ0n) is 20.1. The first-order valence-corrected chi connectivity index (χ1v) is 13.0. The van der Waals surface area contributed by atoms with Crippen LogP contribution in [0.5, 0.6) is 0 Å². The molecule has 0 aliphatic heterocycles. The third kappa shape index (κ3) is 6.10. The fourth-order valence-electron chi connectivity index (χ4n) is 4.12. The van der Waals surface area contributed by atoms with Crippen molar-refractivity contribution in [1.29, 1.82) is 0 Å². The summed E-state index contributed by atoms with van der Waals surface area (Å²) in [5.41, 5.74) is 6.91. The lowest BCUT2D eigenvalue weighted by atomic mass is 10.0. The number of rotatable bonds is 9. The van der Waals surface area contributed by atoms with E-state index in [-0.39, 0.29) is 0 Å². The van der Waals surface area contributed by atoms with Crippen LogP contribution in [0.4, 0.5) is 0 Å². The van der Waals surface area contributed by atoms with Crippen molar-refractivity contribution in [1.82, 2.24) is 19.9 Å². The monoisotopic (exact) mass is 522 g/mol. The molecule has 35 heavy (non-hydrogen) atoms. The Kier molecular flexibility index (Phi) is 8.22. The first kappa shape index (κ1) is 25.4. The molecule has 0 fully saturated rings. The third-order valence-electron chi connectivity index (χ3n) is 5.87. The number of aromatic nitrogens is 3. The van der Waals surface area contributed by atoms with E-state index in [1.54, 1.807) is 30.2 Å². The molecule has 0 spiro atoms. The largest absolute Gasteiger partial charge is 0.381 e. The van der Waals surface area contributed by atoms with Gasteiger partial charge in [-0.15, -0.1) is 0 Å². The lowest BCUT2D eigenvalue weighted by Gasteiger charge is -2.15. The highest BCUT2D eigenvalue weighted by Gasteiger charge is 2.24. The van der Waals surface area contributed by atoms with E-state index >= 15 is 0 Å². The average molecular weight is 524 g/mol. The Labute approximate surface area is 221 Å². The number of hydrogen-bond donors (Lipinski definition) is 1. The first-order valence-electron chi connectivity index (χ1n) is 11.4. The topological polar surface area (TPSA) is 42.7 Å². The average Bonchev–Trinajstić information content (AvgIpc) is 3.08. The van der Waals surface area contributed by atoms with E-state index in [1.165, 1.54) is 27.4 Å². The summed E-state index contributed by atoms with van der Waals surface area (Å²) in [6, 6.07) is 13.7. The summed E-state index contributed by atoms with van der Waals surface area (Å²) in [5.74, 6) is 0.315. The van der Waals surface area contributed by atoms with Crippen LogP contribution in [0.25, 0.3) is 5.70 Å². The van der Waals surface area contributed by atoms with Crippen molar-refractivity contribution in [3.63, 3.8) is 0 Å². The zero-order valence-corrected chi connectivity index (χ0v) is 22.4. The van der Waals surface area contributed by atoms with Crippen molar-refractivity contribution >= 4 is 40.7 Å². The van der Waals surface area contributed by atoms with Gasteiger partial charge in [-0.05, 0) is 72.0 Å². The third-order valence-corrected chi connectivity index (χ3v) is 7.41. The Balaban J connectivity index is 1.76. The number of hydrogen-bond acceptors (Lipinski definition) is 4. The molecule has 180 valence electrons. The Bertz CT molecular complexity index is 1300. The summed E-state index contributed by atoms with van der Waals surface area (Å²) >= 11 is 14.4. The molecule has 0 atom stereocenters. The van der Waals surface area contributed by atoms with Crippen LogP contribution in [-0.2, 0) is 13.1 Å². The minimum Gasteiger partial charge on any atom is -0.381 e. The molecule has 0 saturated heterocycles. The van der Waals surface area contributed by atoms with Crippen molar-refractivity contribution in [3.8, 4) is 0 Å². The molecule has 3 heterocycles. The summed E-state index contributed by atoms with van der Waals surface area (Å²) in [6.07, 6.45) is 7.23. The lowest BCUT2D eigenvalue weighted by molar-refractivity contribution is 0.689. The minimum atomic E-state index is 0.315. The van der Waals surface area contributed by atoms with Crippen molar-refractivity contribution in [2.75, 3.05) is 0 Å². The second-order valence-corrected chi connectivity index (χ2v) is 10.6. The van der Waals surface area contributed by atoms with Gasteiger partial charge in [0.05, 0.1) is 5.03 Å². The van der Waals surface area contributed by atoms with Crippen LogP contribution in [0.3, 0.4) is 0 Å². The van der Waals surface area contributed by atoms with Gasteiger partial charge < -0.3 is 9.88 Å². The smallest absolute Gasteiger partial charge is 0.0840 e. The van der Waals surface area contributed by atoms with Crippen LogP contribution in [0.2, 0.25) is 10.0 Å². The van der Waals surface area contributed by atoms with Gasteiger partial charge in [-0.3, -0.25) is 9.97 Å². The van der Waals surface area contributed by atoms with E-state index in [1.807, 2.05) is 36.7 Å². The van der Waals surface area contributed by atoms with Crippen molar-refractivity contribution < 1.29 is 0 Å². The molecule has 0 radical (unpaired) electrons. The van der Waals surface area contributed by atoms with Crippen LogP contribution < -0.4 is 5.32 Å². The standard InChI is InChI=1S/C28H28Cl2N4S/c1-18(2)27-26(16-33-19(3)22-7-11-32-12-8-22)20(4)34(17-21-5-9-31-10-6-21)28(27)35-25-14-23(29)13-24(30)15-25/h5-15,18,33H,3,16-17H2,1-2,4H3. The predicted molar refractivity (Wildman–Crippen MR) is 147 cm³/mol. The molecule has 7 heteroatoms. The number of pyridine rings is 2. The van der Waals surface area contributed by atoms with E-state index in [4.69, 9.17) is 23.2 Å². The second-order valence-electron chi connectivity index (χ2n) is 8.65. The second kappa shape index (κ2) is 11.3. The van der Waals surface area contributed by atoms with Crippen molar-refractivity contribution in [2.24, 2.45) is 0 Å². The quantitative estimate of drug-likeness (QED) is 0.242. The number of nitrogens with zero attached hydrogens (tertiary/aromatic N) is 3. The molecule has 4 nitrogen and oxygen atoms in total. The fraction of sp³-hybridized carbons (Fsp3) is 0.214. The Morgan fingerprint density at radius 1 is 1.00 bits per heavy atom. The summed E-state index contributed by atoms with van der Waals surface area (Å²) in [6.45, 7) is 12.3. The van der Waals surface area contributed by atoms with Crippen LogP contribution in [0.1, 0.15) is 47.7 Å². The maximum Gasteiger partial charge on any atom is 0.0840 e. The van der Waals surface area contributed by atoms with E-state index in [0.717, 1.165) is 22.7 Å². The van der Waals surface area contributed by atoms with E-state index in [0.29, 0.717) is 22.5 Å². The predicted octanol–water partition coefficient (Wildman–Crippen LogP) is 7.98. The van der Waals surface area contributed by atoms with Gasteiger partial charge in [0.2, 0.25) is 0 Å². The Morgan fingerprint density at radius 2 is 1.60 bits per heavy atom. The maximum absolute atomic E-state index is 6.33. The highest BCUT2D eigenvalue weighted by molar-refractivity contribution is 7.99. The molecule has 0 aliphatic carbocycles. The minimum absolute atomic E-state index is 0.315. The zero-order chi connectivity index (χ0) is 24.9. The summed E-state index contributed by atoms with van der Waals surface area (Å²) in [7, 11) is 0. The Morgan fingerprint density at radius 3 is 2.20 bits per heavy atom. The van der Waals surface area contributed by atoms with E-state index in [9.17, 15) is 0 Å². The van der Waals surface area contributed by atoms with Crippen LogP contribution in [0, 0.1) is 6.92 Å². The highest BCUT2D eigenvalue weighted by atomic mass is 35.5. The highest BCUT2D eigenvalue weighted by Crippen LogP contribution is 2.41. The molecule has 0 amide bonds. The molecule has 0 bridgehead atoms. The number of nitrogens with one attached hydrogen (secondary N) is 1.